The van der Waals surface area contributed by atoms with Crippen molar-refractivity contribution in [3.8, 4) is 0 Å². The fourth-order valence-corrected chi connectivity index (χ4v) is 2.96. The predicted octanol–water partition coefficient (Wildman–Crippen LogP) is 0.195. The average molecular weight is 225 g/mol. The quantitative estimate of drug-likeness (QED) is 0.705. The molecule has 2 heterocycles. The molecule has 0 saturated carbocycles. The first kappa shape index (κ1) is 11.9. The fourth-order valence-electron chi connectivity index (χ4n) is 2.96. The maximum atomic E-state index is 11.0. The van der Waals surface area contributed by atoms with Gasteiger partial charge in [0.25, 0.3) is 0 Å². The van der Waals surface area contributed by atoms with Gasteiger partial charge in [0, 0.05) is 38.6 Å². The number of nitrogens with one attached hydrogen (secondary N) is 2. The molecular weight excluding hydrogens is 202 g/mol. The first-order valence-electron chi connectivity index (χ1n) is 6.38. The van der Waals surface area contributed by atoms with E-state index in [-0.39, 0.29) is 5.91 Å². The molecule has 2 N–H and O–H groups in total. The van der Waals surface area contributed by atoms with Crippen molar-refractivity contribution in [3.05, 3.63) is 0 Å². The Morgan fingerprint density at radius 3 is 2.94 bits per heavy atom. The van der Waals surface area contributed by atoms with E-state index in [4.69, 9.17) is 0 Å². The van der Waals surface area contributed by atoms with Crippen molar-refractivity contribution < 1.29 is 4.79 Å². The zero-order chi connectivity index (χ0) is 11.5. The molecule has 1 amide bonds. The number of nitrogens with zero attached hydrogens (tertiary/aromatic N) is 1. The maximum absolute atomic E-state index is 11.0. The van der Waals surface area contributed by atoms with E-state index in [0.29, 0.717) is 12.1 Å². The van der Waals surface area contributed by atoms with Crippen LogP contribution in [0.3, 0.4) is 0 Å². The molecule has 92 valence electrons. The van der Waals surface area contributed by atoms with Crippen molar-refractivity contribution in [3.63, 3.8) is 0 Å². The molecule has 2 aliphatic rings. The van der Waals surface area contributed by atoms with Crippen molar-refractivity contribution in [2.24, 2.45) is 5.92 Å². The molecule has 0 aromatic rings. The van der Waals surface area contributed by atoms with Crippen LogP contribution in [0.5, 0.6) is 0 Å². The van der Waals surface area contributed by atoms with Crippen molar-refractivity contribution in [1.82, 2.24) is 15.5 Å². The monoisotopic (exact) mass is 225 g/mol. The molecule has 0 aliphatic carbocycles. The van der Waals surface area contributed by atoms with E-state index in [1.165, 1.54) is 6.42 Å². The summed E-state index contributed by atoms with van der Waals surface area (Å²) in [5, 5.41) is 6.49. The van der Waals surface area contributed by atoms with Crippen LogP contribution in [0.25, 0.3) is 0 Å². The molecule has 2 rings (SSSR count). The Morgan fingerprint density at radius 1 is 1.44 bits per heavy atom. The molecule has 0 spiro atoms. The molecule has 0 bridgehead atoms. The number of carbonyl (C=O) groups excluding carboxylic acids is 1. The van der Waals surface area contributed by atoms with E-state index in [1.807, 2.05) is 0 Å². The van der Waals surface area contributed by atoms with Gasteiger partial charge in [0.15, 0.2) is 0 Å². The van der Waals surface area contributed by atoms with E-state index in [1.54, 1.807) is 6.92 Å². The lowest BCUT2D eigenvalue weighted by atomic mass is 9.94. The smallest absolute Gasteiger partial charge is 0.217 e. The van der Waals surface area contributed by atoms with Crippen molar-refractivity contribution in [2.45, 2.75) is 38.8 Å². The second kappa shape index (κ2) is 5.15. The van der Waals surface area contributed by atoms with Gasteiger partial charge in [-0.15, -0.1) is 0 Å². The standard InChI is InChI=1S/C12H23N3O/c1-9-3-5-13-7-12(9)15-6-4-11(8-15)14-10(2)16/h9,11-13H,3-8H2,1-2H3,(H,14,16). The van der Waals surface area contributed by atoms with Crippen LogP contribution in [0.15, 0.2) is 0 Å². The largest absolute Gasteiger partial charge is 0.352 e. The lowest BCUT2D eigenvalue weighted by Gasteiger charge is -2.36. The van der Waals surface area contributed by atoms with Gasteiger partial charge >= 0.3 is 0 Å². The van der Waals surface area contributed by atoms with Crippen LogP contribution in [0, 0.1) is 5.92 Å². The van der Waals surface area contributed by atoms with Crippen LogP contribution in [0.2, 0.25) is 0 Å². The molecule has 0 aromatic carbocycles. The van der Waals surface area contributed by atoms with Crippen LogP contribution in [-0.2, 0) is 4.79 Å². The van der Waals surface area contributed by atoms with Crippen molar-refractivity contribution in [2.75, 3.05) is 26.2 Å². The Labute approximate surface area is 97.8 Å². The van der Waals surface area contributed by atoms with Crippen LogP contribution in [-0.4, -0.2) is 49.1 Å². The Hall–Kier alpha value is -0.610. The third-order valence-corrected chi connectivity index (χ3v) is 3.88. The van der Waals surface area contributed by atoms with E-state index in [2.05, 4.69) is 22.5 Å². The predicted molar refractivity (Wildman–Crippen MR) is 64.2 cm³/mol. The lowest BCUT2D eigenvalue weighted by Crippen LogP contribution is -2.50. The summed E-state index contributed by atoms with van der Waals surface area (Å²) >= 11 is 0. The number of hydrogen-bond acceptors (Lipinski definition) is 3. The second-order valence-corrected chi connectivity index (χ2v) is 5.22. The molecule has 2 aliphatic heterocycles. The number of likely N-dealkylation sites (tertiary alicyclic amines) is 1. The molecule has 16 heavy (non-hydrogen) atoms. The second-order valence-electron chi connectivity index (χ2n) is 5.22. The highest BCUT2D eigenvalue weighted by atomic mass is 16.1. The third kappa shape index (κ3) is 2.74. The van der Waals surface area contributed by atoms with Gasteiger partial charge in [-0.25, -0.2) is 0 Å². The fraction of sp³-hybridized carbons (Fsp3) is 0.917. The summed E-state index contributed by atoms with van der Waals surface area (Å²) in [5.41, 5.74) is 0. The third-order valence-electron chi connectivity index (χ3n) is 3.88. The number of amides is 1. The highest BCUT2D eigenvalue weighted by Gasteiger charge is 2.32. The Kier molecular flexibility index (Phi) is 3.82. The molecule has 0 radical (unpaired) electrons. The Morgan fingerprint density at radius 2 is 2.25 bits per heavy atom. The number of hydrogen-bond donors (Lipinski definition) is 2. The molecule has 3 unspecified atom stereocenters. The van der Waals surface area contributed by atoms with Crippen LogP contribution in [0.4, 0.5) is 0 Å². The summed E-state index contributed by atoms with van der Waals surface area (Å²) < 4.78 is 0. The zero-order valence-corrected chi connectivity index (χ0v) is 10.3. The highest BCUT2D eigenvalue weighted by molar-refractivity contribution is 5.73. The molecular formula is C12H23N3O. The summed E-state index contributed by atoms with van der Waals surface area (Å²) in [6, 6.07) is 1.03. The number of rotatable bonds is 2. The van der Waals surface area contributed by atoms with E-state index in [9.17, 15) is 4.79 Å². The Balaban J connectivity index is 1.85. The summed E-state index contributed by atoms with van der Waals surface area (Å²) in [6.45, 7) is 8.36. The number of piperidine rings is 1. The number of carbonyl (C=O) groups is 1. The van der Waals surface area contributed by atoms with E-state index in [0.717, 1.165) is 38.5 Å². The molecule has 0 aromatic heterocycles. The zero-order valence-electron chi connectivity index (χ0n) is 10.3. The summed E-state index contributed by atoms with van der Waals surface area (Å²) in [4.78, 5) is 13.5. The minimum Gasteiger partial charge on any atom is -0.352 e. The molecule has 2 saturated heterocycles. The van der Waals surface area contributed by atoms with Crippen LogP contribution >= 0.6 is 0 Å². The lowest BCUT2D eigenvalue weighted by molar-refractivity contribution is -0.119. The molecule has 4 nitrogen and oxygen atoms in total. The van der Waals surface area contributed by atoms with E-state index < -0.39 is 0 Å². The highest BCUT2D eigenvalue weighted by Crippen LogP contribution is 2.22. The van der Waals surface area contributed by atoms with Gasteiger partial charge in [-0.1, -0.05) is 6.92 Å². The minimum atomic E-state index is 0.0988. The van der Waals surface area contributed by atoms with Gasteiger partial charge < -0.3 is 10.6 Å². The van der Waals surface area contributed by atoms with Gasteiger partial charge in [-0.3, -0.25) is 9.69 Å². The van der Waals surface area contributed by atoms with Gasteiger partial charge in [0.05, 0.1) is 0 Å². The summed E-state index contributed by atoms with van der Waals surface area (Å²) in [5.74, 6) is 0.874. The van der Waals surface area contributed by atoms with E-state index >= 15 is 0 Å². The van der Waals surface area contributed by atoms with Crippen LogP contribution in [0.1, 0.15) is 26.7 Å². The normalized spacial score (nSPS) is 36.2. The Bertz CT molecular complexity index is 257. The average Bonchev–Trinajstić information content (AvgIpc) is 2.66. The summed E-state index contributed by atoms with van der Waals surface area (Å²) in [6.07, 6.45) is 2.37. The van der Waals surface area contributed by atoms with Gasteiger partial charge in [0.2, 0.25) is 5.91 Å². The van der Waals surface area contributed by atoms with Gasteiger partial charge in [-0.05, 0) is 25.3 Å². The van der Waals surface area contributed by atoms with Crippen molar-refractivity contribution >= 4 is 5.91 Å². The minimum absolute atomic E-state index is 0.0988. The van der Waals surface area contributed by atoms with Crippen molar-refractivity contribution in [1.29, 1.82) is 0 Å². The first-order chi connectivity index (χ1) is 7.66. The maximum Gasteiger partial charge on any atom is 0.217 e. The van der Waals surface area contributed by atoms with Crippen LogP contribution < -0.4 is 10.6 Å². The topological polar surface area (TPSA) is 44.4 Å². The first-order valence-corrected chi connectivity index (χ1v) is 6.38. The molecule has 4 heteroatoms. The summed E-state index contributed by atoms with van der Waals surface area (Å²) in [7, 11) is 0. The SMILES string of the molecule is CC(=O)NC1CCN(C2CNCCC2C)C1. The van der Waals surface area contributed by atoms with Gasteiger partial charge in [0.1, 0.15) is 0 Å². The molecule has 3 atom stereocenters. The molecule has 2 fully saturated rings. The van der Waals surface area contributed by atoms with Gasteiger partial charge in [-0.2, -0.15) is 0 Å².